The second kappa shape index (κ2) is 6.97. The molecule has 0 atom stereocenters. The highest BCUT2D eigenvalue weighted by Gasteiger charge is 2.19. The molecular weight excluding hydrogens is 270 g/mol. The predicted octanol–water partition coefficient (Wildman–Crippen LogP) is 1.62. The van der Waals surface area contributed by atoms with Gasteiger partial charge in [-0.2, -0.15) is 0 Å². The fraction of sp³-hybridized carbons (Fsp3) is 0.467. The molecule has 21 heavy (non-hydrogen) atoms. The molecular formula is C15H21N3O3. The van der Waals surface area contributed by atoms with Crippen LogP contribution >= 0.6 is 0 Å². The number of anilines is 2. The summed E-state index contributed by atoms with van der Waals surface area (Å²) in [6, 6.07) is 5.06. The molecule has 1 aliphatic heterocycles. The lowest BCUT2D eigenvalue weighted by Gasteiger charge is -2.20. The van der Waals surface area contributed by atoms with Gasteiger partial charge in [-0.3, -0.25) is 9.59 Å². The second-order valence-electron chi connectivity index (χ2n) is 5.13. The molecule has 0 spiro atoms. The number of ether oxygens (including phenoxy) is 1. The molecule has 1 aliphatic rings. The number of carbonyl (C=O) groups is 2. The Kier molecular flexibility index (Phi) is 5.03. The third kappa shape index (κ3) is 4.11. The van der Waals surface area contributed by atoms with Crippen LogP contribution in [0, 0.1) is 0 Å². The number of hydrogen-bond donors (Lipinski definition) is 2. The number of hydrogen-bond acceptors (Lipinski definition) is 4. The molecule has 1 fully saturated rings. The summed E-state index contributed by atoms with van der Waals surface area (Å²) in [4.78, 5) is 25.5. The SMILES string of the molecule is COc1ccc(NC(=O)CN2CCCCCC2=O)c(N)c1. The first-order valence-electron chi connectivity index (χ1n) is 7.11. The van der Waals surface area contributed by atoms with Crippen LogP contribution in [-0.4, -0.2) is 36.9 Å². The molecule has 1 aromatic rings. The van der Waals surface area contributed by atoms with Crippen molar-refractivity contribution in [2.24, 2.45) is 0 Å². The second-order valence-corrected chi connectivity index (χ2v) is 5.13. The molecule has 0 unspecified atom stereocenters. The molecule has 0 radical (unpaired) electrons. The number of nitrogens with zero attached hydrogens (tertiary/aromatic N) is 1. The number of nitrogens with one attached hydrogen (secondary N) is 1. The van der Waals surface area contributed by atoms with Gasteiger partial charge in [0.15, 0.2) is 0 Å². The number of rotatable bonds is 4. The monoisotopic (exact) mass is 291 g/mol. The topological polar surface area (TPSA) is 84.7 Å². The van der Waals surface area contributed by atoms with Gasteiger partial charge in [-0.1, -0.05) is 6.42 Å². The zero-order valence-electron chi connectivity index (χ0n) is 12.2. The van der Waals surface area contributed by atoms with Crippen molar-refractivity contribution in [1.29, 1.82) is 0 Å². The van der Waals surface area contributed by atoms with E-state index in [0.717, 1.165) is 19.3 Å². The van der Waals surface area contributed by atoms with Gasteiger partial charge in [0.2, 0.25) is 11.8 Å². The molecule has 2 rings (SSSR count). The first-order valence-corrected chi connectivity index (χ1v) is 7.11. The Bertz CT molecular complexity index is 531. The van der Waals surface area contributed by atoms with Gasteiger partial charge in [-0.05, 0) is 25.0 Å². The highest BCUT2D eigenvalue weighted by Crippen LogP contribution is 2.24. The van der Waals surface area contributed by atoms with Gasteiger partial charge < -0.3 is 20.7 Å². The van der Waals surface area contributed by atoms with E-state index < -0.39 is 0 Å². The number of nitrogen functional groups attached to an aromatic ring is 1. The Labute approximate surface area is 124 Å². The molecule has 1 aromatic carbocycles. The Balaban J connectivity index is 1.96. The zero-order valence-corrected chi connectivity index (χ0v) is 12.2. The van der Waals surface area contributed by atoms with E-state index in [4.69, 9.17) is 10.5 Å². The van der Waals surface area contributed by atoms with E-state index in [1.54, 1.807) is 30.2 Å². The van der Waals surface area contributed by atoms with Crippen molar-refractivity contribution >= 4 is 23.2 Å². The van der Waals surface area contributed by atoms with Gasteiger partial charge in [-0.15, -0.1) is 0 Å². The summed E-state index contributed by atoms with van der Waals surface area (Å²) >= 11 is 0. The maximum atomic E-state index is 12.1. The summed E-state index contributed by atoms with van der Waals surface area (Å²) in [6.07, 6.45) is 3.42. The van der Waals surface area contributed by atoms with Gasteiger partial charge >= 0.3 is 0 Å². The van der Waals surface area contributed by atoms with E-state index in [0.29, 0.717) is 30.1 Å². The molecule has 0 bridgehead atoms. The molecule has 1 saturated heterocycles. The molecule has 3 N–H and O–H groups in total. The van der Waals surface area contributed by atoms with Crippen molar-refractivity contribution < 1.29 is 14.3 Å². The minimum Gasteiger partial charge on any atom is -0.497 e. The van der Waals surface area contributed by atoms with Crippen LogP contribution in [0.3, 0.4) is 0 Å². The number of carbonyl (C=O) groups excluding carboxylic acids is 2. The first-order chi connectivity index (χ1) is 10.1. The van der Waals surface area contributed by atoms with Crippen molar-refractivity contribution in [3.63, 3.8) is 0 Å². The van der Waals surface area contributed by atoms with E-state index >= 15 is 0 Å². The number of likely N-dealkylation sites (tertiary alicyclic amines) is 1. The fourth-order valence-corrected chi connectivity index (χ4v) is 2.35. The highest BCUT2D eigenvalue weighted by molar-refractivity contribution is 5.97. The quantitative estimate of drug-likeness (QED) is 0.826. The molecule has 0 aliphatic carbocycles. The number of benzene rings is 1. The summed E-state index contributed by atoms with van der Waals surface area (Å²) in [5, 5.41) is 2.74. The lowest BCUT2D eigenvalue weighted by molar-refractivity contribution is -0.134. The van der Waals surface area contributed by atoms with E-state index in [-0.39, 0.29) is 18.4 Å². The zero-order chi connectivity index (χ0) is 15.2. The maximum absolute atomic E-state index is 12.1. The van der Waals surface area contributed by atoms with E-state index in [1.165, 1.54) is 0 Å². The molecule has 114 valence electrons. The van der Waals surface area contributed by atoms with Crippen molar-refractivity contribution in [2.75, 3.05) is 31.2 Å². The van der Waals surface area contributed by atoms with Crippen LogP contribution in [0.4, 0.5) is 11.4 Å². The van der Waals surface area contributed by atoms with E-state index in [2.05, 4.69) is 5.32 Å². The van der Waals surface area contributed by atoms with Crippen molar-refractivity contribution in [2.45, 2.75) is 25.7 Å². The lowest BCUT2D eigenvalue weighted by atomic mass is 10.2. The van der Waals surface area contributed by atoms with Crippen molar-refractivity contribution in [3.8, 4) is 5.75 Å². The summed E-state index contributed by atoms with van der Waals surface area (Å²) < 4.78 is 5.06. The molecule has 6 heteroatoms. The van der Waals surface area contributed by atoms with Crippen LogP contribution in [0.25, 0.3) is 0 Å². The van der Waals surface area contributed by atoms with Gasteiger partial charge in [0.25, 0.3) is 0 Å². The van der Waals surface area contributed by atoms with Crippen LogP contribution in [0.5, 0.6) is 5.75 Å². The normalized spacial score (nSPS) is 15.5. The number of amides is 2. The summed E-state index contributed by atoms with van der Waals surface area (Å²) in [7, 11) is 1.55. The summed E-state index contributed by atoms with van der Waals surface area (Å²) in [6.45, 7) is 0.717. The summed E-state index contributed by atoms with van der Waals surface area (Å²) in [5.74, 6) is 0.445. The predicted molar refractivity (Wildman–Crippen MR) is 81.1 cm³/mol. The first kappa shape index (κ1) is 15.2. The third-order valence-electron chi connectivity index (χ3n) is 3.54. The van der Waals surface area contributed by atoms with E-state index in [9.17, 15) is 9.59 Å². The van der Waals surface area contributed by atoms with Crippen LogP contribution in [0.1, 0.15) is 25.7 Å². The number of methoxy groups -OCH3 is 1. The molecule has 2 amide bonds. The van der Waals surface area contributed by atoms with E-state index in [1.807, 2.05) is 0 Å². The van der Waals surface area contributed by atoms with Crippen LogP contribution in [-0.2, 0) is 9.59 Å². The Morgan fingerprint density at radius 3 is 2.90 bits per heavy atom. The third-order valence-corrected chi connectivity index (χ3v) is 3.54. The van der Waals surface area contributed by atoms with Gasteiger partial charge in [0.1, 0.15) is 5.75 Å². The molecule has 0 aromatic heterocycles. The molecule has 0 saturated carbocycles. The van der Waals surface area contributed by atoms with Crippen LogP contribution in [0.2, 0.25) is 0 Å². The fourth-order valence-electron chi connectivity index (χ4n) is 2.35. The average Bonchev–Trinajstić information content (AvgIpc) is 2.66. The Hall–Kier alpha value is -2.24. The maximum Gasteiger partial charge on any atom is 0.244 e. The van der Waals surface area contributed by atoms with Gasteiger partial charge in [0.05, 0.1) is 25.0 Å². The molecule has 6 nitrogen and oxygen atoms in total. The minimum absolute atomic E-state index is 0.0466. The van der Waals surface area contributed by atoms with Crippen molar-refractivity contribution in [3.05, 3.63) is 18.2 Å². The van der Waals surface area contributed by atoms with Gasteiger partial charge in [-0.25, -0.2) is 0 Å². The largest absolute Gasteiger partial charge is 0.497 e. The lowest BCUT2D eigenvalue weighted by Crippen LogP contribution is -2.37. The minimum atomic E-state index is -0.234. The Morgan fingerprint density at radius 2 is 2.19 bits per heavy atom. The molecule has 1 heterocycles. The summed E-state index contributed by atoms with van der Waals surface area (Å²) in [5.41, 5.74) is 6.82. The standard InChI is InChI=1S/C15H21N3O3/c1-21-11-6-7-13(12(16)9-11)17-14(19)10-18-8-4-2-3-5-15(18)20/h6-7,9H,2-5,8,10,16H2,1H3,(H,17,19). The highest BCUT2D eigenvalue weighted by atomic mass is 16.5. The van der Waals surface area contributed by atoms with Crippen LogP contribution < -0.4 is 15.8 Å². The average molecular weight is 291 g/mol. The number of nitrogens with two attached hydrogens (primary N) is 1. The van der Waals surface area contributed by atoms with Crippen molar-refractivity contribution in [1.82, 2.24) is 4.90 Å². The Morgan fingerprint density at radius 1 is 1.38 bits per heavy atom. The smallest absolute Gasteiger partial charge is 0.244 e. The van der Waals surface area contributed by atoms with Gasteiger partial charge in [0, 0.05) is 19.0 Å². The van der Waals surface area contributed by atoms with Crippen LogP contribution in [0.15, 0.2) is 18.2 Å².